The minimum Gasteiger partial charge on any atom is -0.289 e. The molecule has 1 aromatic carbocycles. The molecule has 2 heteroatoms. The number of hydrogen-bond acceptors (Lipinski definition) is 2. The SMILES string of the molecule is Cc1ccc(C=CC(=O)c2cccnc2)cc1. The molecule has 2 nitrogen and oxygen atoms in total. The van der Waals surface area contributed by atoms with E-state index in [9.17, 15) is 4.79 Å². The Morgan fingerprint density at radius 1 is 1.18 bits per heavy atom. The van der Waals surface area contributed by atoms with Gasteiger partial charge in [-0.15, -0.1) is 0 Å². The van der Waals surface area contributed by atoms with Crippen LogP contribution in [0.15, 0.2) is 54.9 Å². The number of nitrogens with zero attached hydrogens (tertiary/aromatic N) is 1. The molecule has 0 aliphatic rings. The second-order valence-electron chi connectivity index (χ2n) is 3.85. The first kappa shape index (κ1) is 11.3. The normalized spacial score (nSPS) is 10.6. The van der Waals surface area contributed by atoms with Crippen LogP contribution >= 0.6 is 0 Å². The molecule has 0 fully saturated rings. The van der Waals surface area contributed by atoms with Crippen molar-refractivity contribution in [3.05, 3.63) is 71.6 Å². The van der Waals surface area contributed by atoms with Crippen molar-refractivity contribution in [1.29, 1.82) is 0 Å². The van der Waals surface area contributed by atoms with Gasteiger partial charge >= 0.3 is 0 Å². The number of ketones is 1. The van der Waals surface area contributed by atoms with Crippen LogP contribution in [0.3, 0.4) is 0 Å². The molecule has 0 aliphatic heterocycles. The average Bonchev–Trinajstić information content (AvgIpc) is 2.39. The van der Waals surface area contributed by atoms with Gasteiger partial charge in [0.25, 0.3) is 0 Å². The summed E-state index contributed by atoms with van der Waals surface area (Å²) in [5, 5.41) is 0. The molecule has 0 spiro atoms. The minimum atomic E-state index is -0.0290. The lowest BCUT2D eigenvalue weighted by atomic mass is 10.1. The molecule has 0 saturated carbocycles. The lowest BCUT2D eigenvalue weighted by Crippen LogP contribution is -1.93. The highest BCUT2D eigenvalue weighted by molar-refractivity contribution is 6.06. The molecule has 0 N–H and O–H groups in total. The topological polar surface area (TPSA) is 30.0 Å². The predicted molar refractivity (Wildman–Crippen MR) is 68.8 cm³/mol. The Balaban J connectivity index is 2.11. The predicted octanol–water partition coefficient (Wildman–Crippen LogP) is 3.29. The van der Waals surface area contributed by atoms with Crippen molar-refractivity contribution < 1.29 is 4.79 Å². The highest BCUT2D eigenvalue weighted by Gasteiger charge is 1.99. The molecule has 0 bridgehead atoms. The van der Waals surface area contributed by atoms with Gasteiger partial charge in [0.1, 0.15) is 0 Å². The van der Waals surface area contributed by atoms with Crippen LogP contribution in [0.2, 0.25) is 0 Å². The zero-order chi connectivity index (χ0) is 12.1. The van der Waals surface area contributed by atoms with Gasteiger partial charge < -0.3 is 0 Å². The number of aromatic nitrogens is 1. The van der Waals surface area contributed by atoms with E-state index in [-0.39, 0.29) is 5.78 Å². The van der Waals surface area contributed by atoms with Crippen LogP contribution in [0.25, 0.3) is 6.08 Å². The van der Waals surface area contributed by atoms with Crippen molar-refractivity contribution in [1.82, 2.24) is 4.98 Å². The van der Waals surface area contributed by atoms with Crippen molar-refractivity contribution in [3.8, 4) is 0 Å². The molecule has 0 saturated heterocycles. The minimum absolute atomic E-state index is 0.0290. The van der Waals surface area contributed by atoms with E-state index in [1.54, 1.807) is 30.6 Å². The third kappa shape index (κ3) is 3.11. The average molecular weight is 223 g/mol. The maximum Gasteiger partial charge on any atom is 0.187 e. The van der Waals surface area contributed by atoms with Crippen LogP contribution < -0.4 is 0 Å². The summed E-state index contributed by atoms with van der Waals surface area (Å²) in [5.41, 5.74) is 2.84. The number of benzene rings is 1. The van der Waals surface area contributed by atoms with Gasteiger partial charge in [-0.25, -0.2) is 0 Å². The summed E-state index contributed by atoms with van der Waals surface area (Å²) < 4.78 is 0. The second-order valence-corrected chi connectivity index (χ2v) is 3.85. The van der Waals surface area contributed by atoms with Crippen LogP contribution in [-0.2, 0) is 0 Å². The summed E-state index contributed by atoms with van der Waals surface area (Å²) in [5.74, 6) is -0.0290. The fraction of sp³-hybridized carbons (Fsp3) is 0.0667. The van der Waals surface area contributed by atoms with Gasteiger partial charge in [0, 0.05) is 18.0 Å². The van der Waals surface area contributed by atoms with E-state index in [1.807, 2.05) is 37.3 Å². The van der Waals surface area contributed by atoms with Crippen molar-refractivity contribution >= 4 is 11.9 Å². The van der Waals surface area contributed by atoms with E-state index in [2.05, 4.69) is 4.98 Å². The molecule has 84 valence electrons. The maximum atomic E-state index is 11.8. The van der Waals surface area contributed by atoms with Crippen LogP contribution in [0.1, 0.15) is 21.5 Å². The van der Waals surface area contributed by atoms with Crippen molar-refractivity contribution in [2.75, 3.05) is 0 Å². The maximum absolute atomic E-state index is 11.8. The van der Waals surface area contributed by atoms with Crippen molar-refractivity contribution in [2.24, 2.45) is 0 Å². The summed E-state index contributed by atoms with van der Waals surface area (Å²) >= 11 is 0. The molecule has 0 aliphatic carbocycles. The molecule has 17 heavy (non-hydrogen) atoms. The summed E-state index contributed by atoms with van der Waals surface area (Å²) in [6.07, 6.45) is 6.61. The monoisotopic (exact) mass is 223 g/mol. The Bertz CT molecular complexity index is 527. The smallest absolute Gasteiger partial charge is 0.187 e. The van der Waals surface area contributed by atoms with Gasteiger partial charge in [0.05, 0.1) is 0 Å². The highest BCUT2D eigenvalue weighted by atomic mass is 16.1. The van der Waals surface area contributed by atoms with Gasteiger partial charge in [-0.1, -0.05) is 35.9 Å². The van der Waals surface area contributed by atoms with Gasteiger partial charge in [-0.3, -0.25) is 9.78 Å². The number of aryl methyl sites for hydroxylation is 1. The number of carbonyl (C=O) groups is 1. The van der Waals surface area contributed by atoms with E-state index >= 15 is 0 Å². The molecule has 0 amide bonds. The number of carbonyl (C=O) groups excluding carboxylic acids is 1. The lowest BCUT2D eigenvalue weighted by Gasteiger charge is -1.95. The Morgan fingerprint density at radius 3 is 2.59 bits per heavy atom. The Hall–Kier alpha value is -2.22. The number of allylic oxidation sites excluding steroid dienone is 1. The number of hydrogen-bond donors (Lipinski definition) is 0. The molecule has 1 aromatic heterocycles. The van der Waals surface area contributed by atoms with E-state index in [4.69, 9.17) is 0 Å². The molecular weight excluding hydrogens is 210 g/mol. The van der Waals surface area contributed by atoms with E-state index < -0.39 is 0 Å². The standard InChI is InChI=1S/C15H13NO/c1-12-4-6-13(7-5-12)8-9-15(17)14-3-2-10-16-11-14/h2-11H,1H3. The largest absolute Gasteiger partial charge is 0.289 e. The molecule has 0 unspecified atom stereocenters. The summed E-state index contributed by atoms with van der Waals surface area (Å²) in [7, 11) is 0. The van der Waals surface area contributed by atoms with Crippen LogP contribution in [0.5, 0.6) is 0 Å². The van der Waals surface area contributed by atoms with E-state index in [0.717, 1.165) is 5.56 Å². The Kier molecular flexibility index (Phi) is 3.46. The fourth-order valence-electron chi connectivity index (χ4n) is 1.45. The number of rotatable bonds is 3. The fourth-order valence-corrected chi connectivity index (χ4v) is 1.45. The quantitative estimate of drug-likeness (QED) is 0.590. The summed E-state index contributed by atoms with van der Waals surface area (Å²) in [6.45, 7) is 2.04. The highest BCUT2D eigenvalue weighted by Crippen LogP contribution is 2.06. The van der Waals surface area contributed by atoms with E-state index in [0.29, 0.717) is 5.56 Å². The van der Waals surface area contributed by atoms with Crippen molar-refractivity contribution in [2.45, 2.75) is 6.92 Å². The van der Waals surface area contributed by atoms with Gasteiger partial charge in [0.2, 0.25) is 0 Å². The molecule has 0 radical (unpaired) electrons. The third-order valence-corrected chi connectivity index (χ3v) is 2.45. The molecule has 1 heterocycles. The number of pyridine rings is 1. The summed E-state index contributed by atoms with van der Waals surface area (Å²) in [4.78, 5) is 15.7. The molecule has 2 aromatic rings. The van der Waals surface area contributed by atoms with Gasteiger partial charge in [-0.2, -0.15) is 0 Å². The Labute approximate surface area is 101 Å². The molecule has 2 rings (SSSR count). The van der Waals surface area contributed by atoms with Crippen LogP contribution in [-0.4, -0.2) is 10.8 Å². The molecule has 0 atom stereocenters. The van der Waals surface area contributed by atoms with Crippen LogP contribution in [0, 0.1) is 6.92 Å². The third-order valence-electron chi connectivity index (χ3n) is 2.45. The van der Waals surface area contributed by atoms with Gasteiger partial charge in [-0.05, 0) is 30.7 Å². The Morgan fingerprint density at radius 2 is 1.94 bits per heavy atom. The summed E-state index contributed by atoms with van der Waals surface area (Å²) in [6, 6.07) is 11.5. The van der Waals surface area contributed by atoms with Gasteiger partial charge in [0.15, 0.2) is 5.78 Å². The molecular formula is C15H13NO. The first-order valence-corrected chi connectivity index (χ1v) is 5.45. The second kappa shape index (κ2) is 5.21. The lowest BCUT2D eigenvalue weighted by molar-refractivity contribution is 0.104. The first-order chi connectivity index (χ1) is 8.25. The van der Waals surface area contributed by atoms with Crippen molar-refractivity contribution in [3.63, 3.8) is 0 Å². The zero-order valence-electron chi connectivity index (χ0n) is 9.63. The first-order valence-electron chi connectivity index (χ1n) is 5.45. The van der Waals surface area contributed by atoms with Crippen LogP contribution in [0.4, 0.5) is 0 Å². The zero-order valence-corrected chi connectivity index (χ0v) is 9.63. The van der Waals surface area contributed by atoms with E-state index in [1.165, 1.54) is 5.56 Å².